The summed E-state index contributed by atoms with van der Waals surface area (Å²) < 4.78 is 77.1. The molecule has 1 N–H and O–H groups in total. The van der Waals surface area contributed by atoms with Gasteiger partial charge < -0.3 is 5.11 Å². The molecule has 0 aliphatic heterocycles. The Labute approximate surface area is 115 Å². The van der Waals surface area contributed by atoms with E-state index >= 15 is 0 Å². The fourth-order valence-corrected chi connectivity index (χ4v) is 1.81. The summed E-state index contributed by atoms with van der Waals surface area (Å²) in [5.41, 5.74) is -1.97. The molecule has 1 nitrogen and oxygen atoms in total. The first-order valence-electron chi connectivity index (χ1n) is 5.70. The van der Waals surface area contributed by atoms with Crippen molar-refractivity contribution < 1.29 is 31.4 Å². The zero-order valence-electron chi connectivity index (χ0n) is 10.3. The number of benzene rings is 2. The number of halogens is 6. The van der Waals surface area contributed by atoms with E-state index in [4.69, 9.17) is 0 Å². The average molecular weight is 306 g/mol. The van der Waals surface area contributed by atoms with E-state index in [0.717, 1.165) is 18.2 Å². The largest absolute Gasteiger partial charge is 0.416 e. The minimum absolute atomic E-state index is 0.224. The lowest BCUT2D eigenvalue weighted by molar-refractivity contribution is -0.137. The highest BCUT2D eigenvalue weighted by atomic mass is 19.4. The quantitative estimate of drug-likeness (QED) is 0.651. The molecule has 0 bridgehead atoms. The molecular weight excluding hydrogens is 298 g/mol. The van der Waals surface area contributed by atoms with Crippen LogP contribution >= 0.6 is 0 Å². The Hall–Kier alpha value is -2.02. The Morgan fingerprint density at radius 2 is 1.48 bits per heavy atom. The summed E-state index contributed by atoms with van der Waals surface area (Å²) in [6.07, 6.45) is -6.48. The monoisotopic (exact) mass is 306 g/mol. The third-order valence-electron chi connectivity index (χ3n) is 2.86. The van der Waals surface area contributed by atoms with Crippen molar-refractivity contribution in [1.29, 1.82) is 0 Å². The molecule has 0 saturated carbocycles. The summed E-state index contributed by atoms with van der Waals surface area (Å²) in [6.45, 7) is 0. The Bertz CT molecular complexity index is 665. The van der Waals surface area contributed by atoms with Gasteiger partial charge >= 0.3 is 6.18 Å². The fourth-order valence-electron chi connectivity index (χ4n) is 1.81. The molecule has 0 amide bonds. The van der Waals surface area contributed by atoms with E-state index in [2.05, 4.69) is 0 Å². The van der Waals surface area contributed by atoms with E-state index in [0.29, 0.717) is 12.1 Å². The average Bonchev–Trinajstić information content (AvgIpc) is 2.41. The highest BCUT2D eigenvalue weighted by Crippen LogP contribution is 2.33. The van der Waals surface area contributed by atoms with Crippen LogP contribution in [0.5, 0.6) is 0 Å². The summed E-state index contributed by atoms with van der Waals surface area (Å²) in [6, 6.07) is 4.18. The van der Waals surface area contributed by atoms with E-state index in [-0.39, 0.29) is 11.6 Å². The van der Waals surface area contributed by atoms with Gasteiger partial charge in [-0.3, -0.25) is 0 Å². The molecule has 1 atom stereocenters. The van der Waals surface area contributed by atoms with Gasteiger partial charge in [0.2, 0.25) is 0 Å². The maximum atomic E-state index is 13.5. The third-order valence-corrected chi connectivity index (χ3v) is 2.86. The molecule has 0 radical (unpaired) electrons. The van der Waals surface area contributed by atoms with E-state index in [9.17, 15) is 31.4 Å². The molecule has 1 unspecified atom stereocenters. The Morgan fingerprint density at radius 1 is 0.857 bits per heavy atom. The van der Waals surface area contributed by atoms with Crippen LogP contribution in [-0.2, 0) is 6.18 Å². The van der Waals surface area contributed by atoms with Crippen LogP contribution < -0.4 is 0 Å². The Balaban J connectivity index is 2.45. The second kappa shape index (κ2) is 5.40. The zero-order valence-corrected chi connectivity index (χ0v) is 10.3. The third kappa shape index (κ3) is 3.18. The van der Waals surface area contributed by atoms with Crippen LogP contribution in [0.25, 0.3) is 0 Å². The highest BCUT2D eigenvalue weighted by Gasteiger charge is 2.31. The lowest BCUT2D eigenvalue weighted by Gasteiger charge is -2.15. The molecule has 0 aliphatic carbocycles. The molecule has 0 saturated heterocycles. The maximum Gasteiger partial charge on any atom is 0.416 e. The number of aliphatic hydroxyl groups excluding tert-OH is 1. The Morgan fingerprint density at radius 3 is 2.10 bits per heavy atom. The molecule has 2 aromatic carbocycles. The van der Waals surface area contributed by atoms with Gasteiger partial charge in [0, 0.05) is 11.6 Å². The van der Waals surface area contributed by atoms with Gasteiger partial charge in [0.1, 0.15) is 11.9 Å². The van der Waals surface area contributed by atoms with Gasteiger partial charge in [-0.25, -0.2) is 13.2 Å². The van der Waals surface area contributed by atoms with Gasteiger partial charge in [-0.15, -0.1) is 0 Å². The number of hydrogen-bond donors (Lipinski definition) is 1. The van der Waals surface area contributed by atoms with Crippen molar-refractivity contribution in [3.63, 3.8) is 0 Å². The van der Waals surface area contributed by atoms with Crippen LogP contribution in [0.15, 0.2) is 36.4 Å². The number of rotatable bonds is 2. The van der Waals surface area contributed by atoms with Crippen LogP contribution in [-0.4, -0.2) is 5.11 Å². The number of hydrogen-bond acceptors (Lipinski definition) is 1. The minimum Gasteiger partial charge on any atom is -0.384 e. The molecular formula is C14H8F6O. The number of alkyl halides is 3. The molecule has 0 heterocycles. The number of aliphatic hydroxyl groups is 1. The van der Waals surface area contributed by atoms with Crippen molar-refractivity contribution >= 4 is 0 Å². The van der Waals surface area contributed by atoms with E-state index < -0.39 is 40.9 Å². The van der Waals surface area contributed by atoms with Crippen molar-refractivity contribution in [2.24, 2.45) is 0 Å². The predicted molar refractivity (Wildman–Crippen MR) is 61.8 cm³/mol. The summed E-state index contributed by atoms with van der Waals surface area (Å²) in [5, 5.41) is 9.88. The summed E-state index contributed by atoms with van der Waals surface area (Å²) in [7, 11) is 0. The van der Waals surface area contributed by atoms with Crippen molar-refractivity contribution in [2.75, 3.05) is 0 Å². The van der Waals surface area contributed by atoms with Gasteiger partial charge in [0.05, 0.1) is 5.56 Å². The molecule has 7 heteroatoms. The van der Waals surface area contributed by atoms with E-state index in [1.807, 2.05) is 0 Å². The molecule has 0 fully saturated rings. The first-order valence-corrected chi connectivity index (χ1v) is 5.70. The van der Waals surface area contributed by atoms with Gasteiger partial charge in [-0.1, -0.05) is 12.1 Å². The second-order valence-corrected chi connectivity index (χ2v) is 4.31. The van der Waals surface area contributed by atoms with Crippen LogP contribution in [0.1, 0.15) is 22.8 Å². The first kappa shape index (κ1) is 15.4. The fraction of sp³-hybridized carbons (Fsp3) is 0.143. The second-order valence-electron chi connectivity index (χ2n) is 4.31. The molecule has 2 aromatic rings. The first-order chi connectivity index (χ1) is 9.70. The van der Waals surface area contributed by atoms with Crippen LogP contribution in [0.4, 0.5) is 26.3 Å². The summed E-state index contributed by atoms with van der Waals surface area (Å²) in [4.78, 5) is 0. The molecule has 112 valence electrons. The lowest BCUT2D eigenvalue weighted by Crippen LogP contribution is -2.09. The molecule has 2 rings (SSSR count). The van der Waals surface area contributed by atoms with Crippen molar-refractivity contribution in [3.8, 4) is 0 Å². The van der Waals surface area contributed by atoms with Gasteiger partial charge in [0.15, 0.2) is 11.6 Å². The Kier molecular flexibility index (Phi) is 3.95. The van der Waals surface area contributed by atoms with Crippen molar-refractivity contribution in [3.05, 3.63) is 70.5 Å². The minimum atomic E-state index is -4.64. The maximum absolute atomic E-state index is 13.5. The molecule has 0 aliphatic rings. The van der Waals surface area contributed by atoms with Crippen LogP contribution in [0.2, 0.25) is 0 Å². The van der Waals surface area contributed by atoms with Crippen LogP contribution in [0.3, 0.4) is 0 Å². The van der Waals surface area contributed by atoms with Gasteiger partial charge in [-0.05, 0) is 23.8 Å². The van der Waals surface area contributed by atoms with Crippen LogP contribution in [0, 0.1) is 17.5 Å². The normalized spacial score (nSPS) is 13.3. The van der Waals surface area contributed by atoms with Gasteiger partial charge in [-0.2, -0.15) is 13.2 Å². The lowest BCUT2D eigenvalue weighted by atomic mass is 9.99. The zero-order chi connectivity index (χ0) is 15.8. The molecule has 0 aromatic heterocycles. The summed E-state index contributed by atoms with van der Waals surface area (Å²) in [5.74, 6) is -4.11. The van der Waals surface area contributed by atoms with Gasteiger partial charge in [0.25, 0.3) is 0 Å². The summed E-state index contributed by atoms with van der Waals surface area (Å²) >= 11 is 0. The molecule has 21 heavy (non-hydrogen) atoms. The standard InChI is InChI=1S/C14H8F6O/c15-10-6-12(17)11(16)5-9(10)13(21)7-2-1-3-8(4-7)14(18,19)20/h1-6,13,21H. The van der Waals surface area contributed by atoms with E-state index in [1.165, 1.54) is 0 Å². The topological polar surface area (TPSA) is 20.2 Å². The highest BCUT2D eigenvalue weighted by molar-refractivity contribution is 5.34. The van der Waals surface area contributed by atoms with Crippen molar-refractivity contribution in [1.82, 2.24) is 0 Å². The smallest absolute Gasteiger partial charge is 0.384 e. The molecule has 0 spiro atoms. The van der Waals surface area contributed by atoms with Crippen molar-refractivity contribution in [2.45, 2.75) is 12.3 Å². The SMILES string of the molecule is OC(c1cccc(C(F)(F)F)c1)c1cc(F)c(F)cc1F. The predicted octanol–water partition coefficient (Wildman–Crippen LogP) is 4.20. The van der Waals surface area contributed by atoms with E-state index in [1.54, 1.807) is 0 Å².